The number of carbonyl (C=O) groups is 4. The number of unbranched alkanes of at least 4 members (excludes halogenated alkanes) is 42. The van der Waals surface area contributed by atoms with Gasteiger partial charge >= 0.3 is 39.5 Å². The Morgan fingerprint density at radius 2 is 0.480 bits per heavy atom. The van der Waals surface area contributed by atoms with Gasteiger partial charge in [0.1, 0.15) is 19.3 Å². The first-order valence-corrected chi connectivity index (χ1v) is 44.8. The van der Waals surface area contributed by atoms with E-state index in [1.165, 1.54) is 218 Å². The molecule has 0 amide bonds. The van der Waals surface area contributed by atoms with Gasteiger partial charge in [0, 0.05) is 25.7 Å². The average Bonchev–Trinajstić information content (AvgIpc) is 0.966. The number of phosphoric acid groups is 2. The molecule has 7 atom stereocenters. The molecule has 594 valence electrons. The highest BCUT2D eigenvalue weighted by atomic mass is 31.2. The van der Waals surface area contributed by atoms with E-state index in [9.17, 15) is 43.2 Å². The van der Waals surface area contributed by atoms with Crippen molar-refractivity contribution >= 4 is 39.5 Å². The number of aliphatic hydroxyl groups excluding tert-OH is 1. The van der Waals surface area contributed by atoms with E-state index in [4.69, 9.17) is 37.0 Å². The van der Waals surface area contributed by atoms with Gasteiger partial charge < -0.3 is 33.8 Å². The van der Waals surface area contributed by atoms with Crippen LogP contribution in [0.1, 0.15) is 415 Å². The van der Waals surface area contributed by atoms with Gasteiger partial charge in [0.2, 0.25) is 0 Å². The summed E-state index contributed by atoms with van der Waals surface area (Å²) in [6, 6.07) is 0. The molecule has 100 heavy (non-hydrogen) atoms. The second kappa shape index (κ2) is 70.1. The third-order valence-corrected chi connectivity index (χ3v) is 21.4. The fourth-order valence-electron chi connectivity index (χ4n) is 12.4. The van der Waals surface area contributed by atoms with Gasteiger partial charge in [0.05, 0.1) is 26.4 Å². The van der Waals surface area contributed by atoms with E-state index in [2.05, 4.69) is 55.4 Å². The maximum atomic E-state index is 13.1. The summed E-state index contributed by atoms with van der Waals surface area (Å²) in [6.07, 6.45) is 56.7. The largest absolute Gasteiger partial charge is 0.472 e. The molecular formula is C81H158O17P2. The maximum Gasteiger partial charge on any atom is 0.472 e. The first kappa shape index (κ1) is 98.1. The van der Waals surface area contributed by atoms with Crippen LogP contribution >= 0.6 is 15.6 Å². The summed E-state index contributed by atoms with van der Waals surface area (Å²) in [5.74, 6) is 1.07. The van der Waals surface area contributed by atoms with Crippen molar-refractivity contribution in [3.05, 3.63) is 0 Å². The normalized spacial score (nSPS) is 14.6. The second-order valence-electron chi connectivity index (χ2n) is 30.6. The molecule has 4 unspecified atom stereocenters. The number of phosphoric ester groups is 2. The number of rotatable bonds is 78. The molecule has 19 heteroatoms. The number of esters is 4. The molecule has 0 aliphatic heterocycles. The first-order chi connectivity index (χ1) is 48.2. The van der Waals surface area contributed by atoms with E-state index in [1.807, 2.05) is 0 Å². The SMILES string of the molecule is CCC(C)CCCCCCCCCCCCCCCCC(=O)O[C@H](COC(=O)CCCCCCCCCCCCCCCC(C)C)COP(=O)(O)OC[C@@H](O)COP(=O)(O)OC[C@@H](COC(=O)CCCCCCCCCCCC(C)C)OC(=O)CCCCCCCCCCCCC(C)CC. The zero-order chi connectivity index (χ0) is 73.8. The minimum Gasteiger partial charge on any atom is -0.462 e. The highest BCUT2D eigenvalue weighted by molar-refractivity contribution is 7.47. The summed E-state index contributed by atoms with van der Waals surface area (Å²) in [6.45, 7) is 14.3. The van der Waals surface area contributed by atoms with Gasteiger partial charge in [-0.3, -0.25) is 37.3 Å². The molecule has 0 aliphatic carbocycles. The van der Waals surface area contributed by atoms with Crippen molar-refractivity contribution in [1.29, 1.82) is 0 Å². The molecule has 0 saturated heterocycles. The average molecular weight is 1470 g/mol. The highest BCUT2D eigenvalue weighted by Crippen LogP contribution is 2.45. The van der Waals surface area contributed by atoms with Crippen LogP contribution in [0.15, 0.2) is 0 Å². The fourth-order valence-corrected chi connectivity index (χ4v) is 13.9. The van der Waals surface area contributed by atoms with E-state index in [0.29, 0.717) is 25.7 Å². The first-order valence-electron chi connectivity index (χ1n) is 41.8. The van der Waals surface area contributed by atoms with E-state index >= 15 is 0 Å². The van der Waals surface area contributed by atoms with Crippen molar-refractivity contribution in [3.8, 4) is 0 Å². The molecule has 0 aromatic carbocycles. The lowest BCUT2D eigenvalue weighted by Gasteiger charge is -2.21. The molecule has 0 aromatic rings. The lowest BCUT2D eigenvalue weighted by atomic mass is 9.99. The van der Waals surface area contributed by atoms with Crippen LogP contribution in [0.25, 0.3) is 0 Å². The van der Waals surface area contributed by atoms with Crippen molar-refractivity contribution in [2.45, 2.75) is 433 Å². The van der Waals surface area contributed by atoms with Gasteiger partial charge in [-0.15, -0.1) is 0 Å². The second-order valence-corrected chi connectivity index (χ2v) is 33.5. The molecule has 0 spiro atoms. The van der Waals surface area contributed by atoms with Gasteiger partial charge in [-0.05, 0) is 49.4 Å². The van der Waals surface area contributed by atoms with Crippen LogP contribution in [0.2, 0.25) is 0 Å². The van der Waals surface area contributed by atoms with E-state index in [1.54, 1.807) is 0 Å². The Morgan fingerprint density at radius 1 is 0.280 bits per heavy atom. The highest BCUT2D eigenvalue weighted by Gasteiger charge is 2.30. The molecule has 0 aliphatic rings. The molecule has 3 N–H and O–H groups in total. The standard InChI is InChI=1S/C81H158O17P2/c1-9-73(7)59-51-43-35-27-19-15-11-12-16-21-30-39-47-55-63-80(85)97-76(67-91-78(83)61-53-45-37-29-20-17-13-14-18-25-33-41-49-57-71(3)4)69-95-99(87,88)93-65-75(82)66-94-100(89,90)96-70-77(68-92-79(84)62-54-46-38-32-24-26-34-42-50-58-72(5)6)98-81(86)64-56-48-40-31-23-22-28-36-44-52-60-74(8)10-2/h71-77,82H,9-70H2,1-8H3,(H,87,88)(H,89,90)/t73?,74?,75-,76-,77-/m1/s1. The Balaban J connectivity index is 5.28. The van der Waals surface area contributed by atoms with Crippen LogP contribution in [0.5, 0.6) is 0 Å². The van der Waals surface area contributed by atoms with Gasteiger partial charge in [-0.2, -0.15) is 0 Å². The predicted octanol–water partition coefficient (Wildman–Crippen LogP) is 24.0. The minimum absolute atomic E-state index is 0.106. The molecule has 0 radical (unpaired) electrons. The van der Waals surface area contributed by atoms with Crippen LogP contribution in [0.4, 0.5) is 0 Å². The van der Waals surface area contributed by atoms with E-state index in [-0.39, 0.29) is 25.7 Å². The molecule has 0 saturated carbocycles. The summed E-state index contributed by atoms with van der Waals surface area (Å²) in [5, 5.41) is 10.6. The Bertz CT molecular complexity index is 1960. The number of carbonyl (C=O) groups excluding carboxylic acids is 4. The number of hydrogen-bond acceptors (Lipinski definition) is 15. The van der Waals surface area contributed by atoms with Gasteiger partial charge in [0.25, 0.3) is 0 Å². The summed E-state index contributed by atoms with van der Waals surface area (Å²) in [7, 11) is -9.92. The van der Waals surface area contributed by atoms with Crippen molar-refractivity contribution in [3.63, 3.8) is 0 Å². The predicted molar refractivity (Wildman–Crippen MR) is 409 cm³/mol. The van der Waals surface area contributed by atoms with E-state index in [0.717, 1.165) is 114 Å². The van der Waals surface area contributed by atoms with Crippen LogP contribution in [-0.2, 0) is 65.4 Å². The Hall–Kier alpha value is -1.94. The van der Waals surface area contributed by atoms with Gasteiger partial charge in [-0.25, -0.2) is 9.13 Å². The molecule has 0 rings (SSSR count). The Labute approximate surface area is 613 Å². The summed E-state index contributed by atoms with van der Waals surface area (Å²) in [5.41, 5.74) is 0. The topological polar surface area (TPSA) is 237 Å². The molecular weight excluding hydrogens is 1310 g/mol. The third-order valence-electron chi connectivity index (χ3n) is 19.5. The minimum atomic E-state index is -4.96. The molecule has 17 nitrogen and oxygen atoms in total. The summed E-state index contributed by atoms with van der Waals surface area (Å²) < 4.78 is 68.8. The monoisotopic (exact) mass is 1470 g/mol. The van der Waals surface area contributed by atoms with Crippen molar-refractivity contribution in [2.75, 3.05) is 39.6 Å². The molecule has 0 bridgehead atoms. The van der Waals surface area contributed by atoms with Crippen molar-refractivity contribution in [2.24, 2.45) is 23.7 Å². The van der Waals surface area contributed by atoms with Crippen LogP contribution in [0, 0.1) is 23.7 Å². The quantitative estimate of drug-likeness (QED) is 0.0222. The zero-order valence-electron chi connectivity index (χ0n) is 65.8. The lowest BCUT2D eigenvalue weighted by Crippen LogP contribution is -2.30. The number of hydrogen-bond donors (Lipinski definition) is 3. The maximum absolute atomic E-state index is 13.1. The Kier molecular flexibility index (Phi) is 68.7. The summed E-state index contributed by atoms with van der Waals surface area (Å²) >= 11 is 0. The third kappa shape index (κ3) is 71.7. The van der Waals surface area contributed by atoms with E-state index < -0.39 is 97.5 Å². The zero-order valence-corrected chi connectivity index (χ0v) is 67.6. The fraction of sp³-hybridized carbons (Fsp3) is 0.951. The van der Waals surface area contributed by atoms with Crippen molar-refractivity contribution in [1.82, 2.24) is 0 Å². The molecule has 0 heterocycles. The smallest absolute Gasteiger partial charge is 0.462 e. The number of ether oxygens (including phenoxy) is 4. The van der Waals surface area contributed by atoms with Gasteiger partial charge in [-0.1, -0.05) is 364 Å². The summed E-state index contributed by atoms with van der Waals surface area (Å²) in [4.78, 5) is 73.1. The lowest BCUT2D eigenvalue weighted by molar-refractivity contribution is -0.161. The molecule has 0 fully saturated rings. The van der Waals surface area contributed by atoms with Crippen LogP contribution in [-0.4, -0.2) is 96.7 Å². The van der Waals surface area contributed by atoms with Crippen LogP contribution in [0.3, 0.4) is 0 Å². The van der Waals surface area contributed by atoms with Crippen molar-refractivity contribution < 1.29 is 80.2 Å². The van der Waals surface area contributed by atoms with Gasteiger partial charge in [0.15, 0.2) is 12.2 Å². The Morgan fingerprint density at radius 3 is 0.710 bits per heavy atom. The van der Waals surface area contributed by atoms with Crippen LogP contribution < -0.4 is 0 Å². The molecule has 0 aromatic heterocycles. The number of aliphatic hydroxyl groups is 1.